The van der Waals surface area contributed by atoms with Crippen molar-refractivity contribution in [2.75, 3.05) is 11.5 Å². The van der Waals surface area contributed by atoms with Crippen molar-refractivity contribution in [3.63, 3.8) is 0 Å². The highest BCUT2D eigenvalue weighted by molar-refractivity contribution is 7.86. The van der Waals surface area contributed by atoms with Gasteiger partial charge in [-0.3, -0.25) is 8.89 Å². The molecule has 0 bridgehead atoms. The summed E-state index contributed by atoms with van der Waals surface area (Å²) in [6, 6.07) is 8.13. The van der Waals surface area contributed by atoms with E-state index < -0.39 is 10.8 Å². The van der Waals surface area contributed by atoms with Crippen molar-refractivity contribution in [1.29, 1.82) is 0 Å². The fourth-order valence-corrected chi connectivity index (χ4v) is 4.91. The third-order valence-corrected chi connectivity index (χ3v) is 7.04. The van der Waals surface area contributed by atoms with Crippen LogP contribution in [0.3, 0.4) is 0 Å². The molecule has 0 N–H and O–H groups in total. The second kappa shape index (κ2) is 7.20. The summed E-state index contributed by atoms with van der Waals surface area (Å²) in [7, 11) is 1.08. The Kier molecular flexibility index (Phi) is 4.29. The van der Waals surface area contributed by atoms with Crippen LogP contribution < -0.4 is 0 Å². The van der Waals surface area contributed by atoms with Crippen LogP contribution in [0.2, 0.25) is 0 Å². The van der Waals surface area contributed by atoms with E-state index in [1.54, 1.807) is 18.5 Å². The second-order valence-corrected chi connectivity index (χ2v) is 9.33. The number of aryl methyl sites for hydroxylation is 1. The van der Waals surface area contributed by atoms with Crippen LogP contribution in [0.1, 0.15) is 6.04 Å². The molecule has 160 valence electrons. The fourth-order valence-electron chi connectivity index (χ4n) is 3.84. The standard InChI is InChI=1S/C22H17FN6O2S/c1-28-8-18(26-12-28)19-6-16-21(24-11-25-22(16)31-19)17-7-29(15-9-32(30)10-15)27-20(17)13-2-4-14(23)5-3-13/h2-8,11-12,15H,9-10H2,1H3. The minimum absolute atomic E-state index is 0.0644. The maximum absolute atomic E-state index is 13.5. The molecule has 0 aliphatic carbocycles. The summed E-state index contributed by atoms with van der Waals surface area (Å²) in [6.45, 7) is 0. The first kappa shape index (κ1) is 19.1. The van der Waals surface area contributed by atoms with E-state index in [0.29, 0.717) is 40.1 Å². The number of aromatic nitrogens is 6. The fraction of sp³-hybridized carbons (Fsp3) is 0.182. The molecule has 4 aromatic heterocycles. The molecule has 1 saturated heterocycles. The number of hydrogen-bond donors (Lipinski definition) is 0. The summed E-state index contributed by atoms with van der Waals surface area (Å²) in [6.07, 6.45) is 6.93. The van der Waals surface area contributed by atoms with Gasteiger partial charge in [0, 0.05) is 52.9 Å². The summed E-state index contributed by atoms with van der Waals surface area (Å²) >= 11 is 0. The zero-order valence-corrected chi connectivity index (χ0v) is 17.8. The first-order valence-corrected chi connectivity index (χ1v) is 11.5. The summed E-state index contributed by atoms with van der Waals surface area (Å²) in [5.74, 6) is 1.41. The van der Waals surface area contributed by atoms with Crippen LogP contribution in [0.4, 0.5) is 4.39 Å². The average Bonchev–Trinajstić information content (AvgIpc) is 3.49. The van der Waals surface area contributed by atoms with Crippen molar-refractivity contribution >= 4 is 21.9 Å². The zero-order valence-electron chi connectivity index (χ0n) is 17.0. The van der Waals surface area contributed by atoms with Gasteiger partial charge in [0.2, 0.25) is 5.71 Å². The molecule has 32 heavy (non-hydrogen) atoms. The van der Waals surface area contributed by atoms with Crippen LogP contribution in [0.15, 0.2) is 59.8 Å². The molecule has 0 unspecified atom stereocenters. The number of halogens is 1. The lowest BCUT2D eigenvalue weighted by Crippen LogP contribution is -2.33. The Labute approximate surface area is 184 Å². The average molecular weight is 448 g/mol. The lowest BCUT2D eigenvalue weighted by molar-refractivity contribution is 0.507. The van der Waals surface area contributed by atoms with Crippen LogP contribution in [0.5, 0.6) is 0 Å². The Balaban J connectivity index is 1.53. The van der Waals surface area contributed by atoms with Gasteiger partial charge in [-0.25, -0.2) is 19.3 Å². The van der Waals surface area contributed by atoms with Gasteiger partial charge in [-0.2, -0.15) is 5.10 Å². The molecule has 0 atom stereocenters. The largest absolute Gasteiger partial charge is 0.436 e. The number of benzene rings is 1. The van der Waals surface area contributed by atoms with Crippen LogP contribution >= 0.6 is 0 Å². The smallest absolute Gasteiger partial charge is 0.230 e. The summed E-state index contributed by atoms with van der Waals surface area (Å²) in [5.41, 5.74) is 4.01. The molecule has 5 aromatic rings. The Morgan fingerprint density at radius 2 is 1.91 bits per heavy atom. The maximum atomic E-state index is 13.5. The van der Waals surface area contributed by atoms with E-state index in [2.05, 4.69) is 15.0 Å². The van der Waals surface area contributed by atoms with Gasteiger partial charge >= 0.3 is 0 Å². The molecule has 10 heteroatoms. The predicted octanol–water partition coefficient (Wildman–Crippen LogP) is 3.60. The van der Waals surface area contributed by atoms with Gasteiger partial charge in [0.25, 0.3) is 0 Å². The molecule has 1 aliphatic heterocycles. The molecule has 8 nitrogen and oxygen atoms in total. The first-order chi connectivity index (χ1) is 15.5. The van der Waals surface area contributed by atoms with Gasteiger partial charge in [0.15, 0.2) is 5.76 Å². The Morgan fingerprint density at radius 3 is 2.62 bits per heavy atom. The molecule has 0 saturated carbocycles. The lowest BCUT2D eigenvalue weighted by atomic mass is 10.0. The molecular weight excluding hydrogens is 431 g/mol. The van der Waals surface area contributed by atoms with Gasteiger partial charge in [-0.15, -0.1) is 0 Å². The van der Waals surface area contributed by atoms with Gasteiger partial charge < -0.3 is 8.98 Å². The zero-order chi connectivity index (χ0) is 21.8. The maximum Gasteiger partial charge on any atom is 0.230 e. The number of imidazole rings is 1. The van der Waals surface area contributed by atoms with Crippen molar-refractivity contribution in [3.05, 3.63) is 61.2 Å². The predicted molar refractivity (Wildman–Crippen MR) is 118 cm³/mol. The second-order valence-electron chi connectivity index (χ2n) is 7.78. The van der Waals surface area contributed by atoms with Crippen molar-refractivity contribution < 1.29 is 13.0 Å². The van der Waals surface area contributed by atoms with Crippen molar-refractivity contribution in [3.8, 4) is 34.0 Å². The van der Waals surface area contributed by atoms with E-state index in [1.807, 2.05) is 34.8 Å². The highest BCUT2D eigenvalue weighted by Crippen LogP contribution is 2.37. The third-order valence-electron chi connectivity index (χ3n) is 5.52. The van der Waals surface area contributed by atoms with Crippen LogP contribution in [-0.2, 0) is 17.8 Å². The highest BCUT2D eigenvalue weighted by Gasteiger charge is 2.30. The molecule has 0 amide bonds. The normalized spacial score (nSPS) is 18.2. The number of nitrogens with zero attached hydrogens (tertiary/aromatic N) is 6. The minimum atomic E-state index is -0.810. The summed E-state index contributed by atoms with van der Waals surface area (Å²) < 4.78 is 34.8. The summed E-state index contributed by atoms with van der Waals surface area (Å²) in [4.78, 5) is 13.2. The molecule has 6 rings (SSSR count). The van der Waals surface area contributed by atoms with E-state index in [0.717, 1.165) is 16.5 Å². The van der Waals surface area contributed by atoms with E-state index in [-0.39, 0.29) is 11.9 Å². The van der Waals surface area contributed by atoms with E-state index in [4.69, 9.17) is 9.52 Å². The monoisotopic (exact) mass is 448 g/mol. The van der Waals surface area contributed by atoms with Crippen LogP contribution in [-0.4, -0.2) is 45.0 Å². The van der Waals surface area contributed by atoms with E-state index >= 15 is 0 Å². The van der Waals surface area contributed by atoms with Gasteiger partial charge in [0.1, 0.15) is 23.5 Å². The van der Waals surface area contributed by atoms with E-state index in [9.17, 15) is 8.60 Å². The van der Waals surface area contributed by atoms with Crippen LogP contribution in [0, 0.1) is 5.82 Å². The van der Waals surface area contributed by atoms with Gasteiger partial charge in [0.05, 0.1) is 23.4 Å². The van der Waals surface area contributed by atoms with Crippen molar-refractivity contribution in [2.45, 2.75) is 6.04 Å². The molecule has 0 spiro atoms. The quantitative estimate of drug-likeness (QED) is 0.417. The Morgan fingerprint density at radius 1 is 1.09 bits per heavy atom. The van der Waals surface area contributed by atoms with Gasteiger partial charge in [-0.05, 0) is 30.3 Å². The highest BCUT2D eigenvalue weighted by atomic mass is 32.2. The summed E-state index contributed by atoms with van der Waals surface area (Å²) in [5, 5.41) is 5.50. The Bertz CT molecular complexity index is 1480. The minimum Gasteiger partial charge on any atom is -0.436 e. The number of rotatable bonds is 4. The molecule has 5 heterocycles. The van der Waals surface area contributed by atoms with Gasteiger partial charge in [-0.1, -0.05) is 0 Å². The van der Waals surface area contributed by atoms with Crippen molar-refractivity contribution in [2.24, 2.45) is 7.05 Å². The third kappa shape index (κ3) is 3.14. The Hall–Kier alpha value is -3.66. The first-order valence-electron chi connectivity index (χ1n) is 9.98. The topological polar surface area (TPSA) is 91.6 Å². The number of fused-ring (bicyclic) bond motifs is 1. The molecule has 1 aliphatic rings. The molecule has 1 aromatic carbocycles. The molecular formula is C22H17FN6O2S. The van der Waals surface area contributed by atoms with Crippen molar-refractivity contribution in [1.82, 2.24) is 29.3 Å². The van der Waals surface area contributed by atoms with Crippen LogP contribution in [0.25, 0.3) is 45.1 Å². The lowest BCUT2D eigenvalue weighted by Gasteiger charge is -2.24. The molecule has 0 radical (unpaired) electrons. The molecule has 1 fully saturated rings. The van der Waals surface area contributed by atoms with E-state index in [1.165, 1.54) is 18.5 Å². The number of hydrogen-bond acceptors (Lipinski definition) is 6. The SMILES string of the molecule is Cn1cnc(-c2cc3c(-c4cn(C5CS(=O)C5)nc4-c4ccc(F)cc4)ncnc3o2)c1. The number of furan rings is 1.